The van der Waals surface area contributed by atoms with E-state index in [0.717, 1.165) is 16.3 Å². The first-order valence-electron chi connectivity index (χ1n) is 9.33. The van der Waals surface area contributed by atoms with Crippen LogP contribution in [0, 0.1) is 5.92 Å². The first kappa shape index (κ1) is 20.4. The van der Waals surface area contributed by atoms with Crippen molar-refractivity contribution in [1.29, 1.82) is 0 Å². The number of fused-ring (bicyclic) bond motifs is 1. The van der Waals surface area contributed by atoms with E-state index in [9.17, 15) is 0 Å². The van der Waals surface area contributed by atoms with Gasteiger partial charge in [-0.25, -0.2) is 9.97 Å². The second-order valence-electron chi connectivity index (χ2n) is 6.41. The molecule has 4 aromatic heterocycles. The first-order chi connectivity index (χ1) is 13.6. The standard InChI is InChI=1S/C18H18ClN5OS.C2H6/c1-10(2)11(3)22-17-14(13-5-4-8-26-13)15(19)23-16-12(9-21-24(16)17)18-20-6-7-25-18;1-2/h4-11,22H,1-3H3;1-2H3. The number of nitrogens with zero attached hydrogens (tertiary/aromatic N) is 4. The van der Waals surface area contributed by atoms with E-state index in [2.05, 4.69) is 41.2 Å². The van der Waals surface area contributed by atoms with E-state index in [0.29, 0.717) is 28.2 Å². The lowest BCUT2D eigenvalue weighted by Gasteiger charge is -2.21. The quantitative estimate of drug-likeness (QED) is 0.388. The molecule has 4 heterocycles. The van der Waals surface area contributed by atoms with E-state index in [1.54, 1.807) is 28.2 Å². The molecule has 4 aromatic rings. The number of oxazole rings is 1. The van der Waals surface area contributed by atoms with Gasteiger partial charge in [0.1, 0.15) is 22.8 Å². The van der Waals surface area contributed by atoms with Crippen molar-refractivity contribution in [2.75, 3.05) is 5.32 Å². The van der Waals surface area contributed by atoms with E-state index in [4.69, 9.17) is 16.0 Å². The molecule has 0 radical (unpaired) electrons. The lowest BCUT2D eigenvalue weighted by Crippen LogP contribution is -2.24. The highest BCUT2D eigenvalue weighted by Crippen LogP contribution is 2.39. The average molecular weight is 418 g/mol. The van der Waals surface area contributed by atoms with Crippen molar-refractivity contribution in [1.82, 2.24) is 19.6 Å². The predicted octanol–water partition coefficient (Wildman–Crippen LogP) is 6.25. The van der Waals surface area contributed by atoms with E-state index in [1.807, 2.05) is 31.4 Å². The summed E-state index contributed by atoms with van der Waals surface area (Å²) in [5.74, 6) is 1.73. The zero-order valence-electron chi connectivity index (χ0n) is 16.6. The molecule has 0 fully saturated rings. The maximum Gasteiger partial charge on any atom is 0.231 e. The molecule has 4 rings (SSSR count). The Labute approximate surface area is 173 Å². The van der Waals surface area contributed by atoms with E-state index in [1.165, 1.54) is 6.26 Å². The minimum absolute atomic E-state index is 0.227. The molecule has 0 aliphatic carbocycles. The summed E-state index contributed by atoms with van der Waals surface area (Å²) in [5.41, 5.74) is 2.16. The summed E-state index contributed by atoms with van der Waals surface area (Å²) in [6, 6.07) is 4.25. The van der Waals surface area contributed by atoms with Gasteiger partial charge in [0.05, 0.1) is 18.0 Å². The maximum absolute atomic E-state index is 6.62. The Morgan fingerprint density at radius 3 is 2.64 bits per heavy atom. The van der Waals surface area contributed by atoms with Gasteiger partial charge < -0.3 is 9.73 Å². The van der Waals surface area contributed by atoms with Crippen molar-refractivity contribution < 1.29 is 4.42 Å². The molecule has 6 nitrogen and oxygen atoms in total. The van der Waals surface area contributed by atoms with Crippen molar-refractivity contribution in [2.45, 2.75) is 40.7 Å². The lowest BCUT2D eigenvalue weighted by molar-refractivity contribution is 0.556. The summed E-state index contributed by atoms with van der Waals surface area (Å²) in [6.45, 7) is 10.5. The molecule has 0 aliphatic heterocycles. The minimum Gasteiger partial charge on any atom is -0.444 e. The van der Waals surface area contributed by atoms with Crippen LogP contribution >= 0.6 is 22.9 Å². The number of hydrogen-bond donors (Lipinski definition) is 1. The number of hydrogen-bond acceptors (Lipinski definition) is 6. The van der Waals surface area contributed by atoms with Crippen LogP contribution in [-0.2, 0) is 0 Å². The topological polar surface area (TPSA) is 68.2 Å². The van der Waals surface area contributed by atoms with Crippen LogP contribution in [0.15, 0.2) is 40.6 Å². The molecule has 0 saturated carbocycles. The third-order valence-corrected chi connectivity index (χ3v) is 5.56. The number of rotatable bonds is 5. The van der Waals surface area contributed by atoms with Gasteiger partial charge in [0.2, 0.25) is 5.89 Å². The Kier molecular flexibility index (Phi) is 6.36. The van der Waals surface area contributed by atoms with Crippen LogP contribution in [0.25, 0.3) is 27.5 Å². The average Bonchev–Trinajstić information content (AvgIpc) is 3.44. The zero-order valence-corrected chi connectivity index (χ0v) is 18.2. The summed E-state index contributed by atoms with van der Waals surface area (Å²) in [7, 11) is 0. The van der Waals surface area contributed by atoms with Crippen LogP contribution in [0.1, 0.15) is 34.6 Å². The van der Waals surface area contributed by atoms with Gasteiger partial charge in [-0.05, 0) is 24.3 Å². The minimum atomic E-state index is 0.227. The predicted molar refractivity (Wildman–Crippen MR) is 116 cm³/mol. The molecule has 0 spiro atoms. The second-order valence-corrected chi connectivity index (χ2v) is 7.72. The molecule has 0 aromatic carbocycles. The summed E-state index contributed by atoms with van der Waals surface area (Å²) in [4.78, 5) is 9.84. The molecule has 0 saturated heterocycles. The number of thiophene rings is 1. The van der Waals surface area contributed by atoms with Gasteiger partial charge in [0.25, 0.3) is 0 Å². The van der Waals surface area contributed by atoms with Gasteiger partial charge in [-0.1, -0.05) is 45.4 Å². The van der Waals surface area contributed by atoms with Crippen LogP contribution in [-0.4, -0.2) is 25.6 Å². The highest BCUT2D eigenvalue weighted by molar-refractivity contribution is 7.13. The molecule has 1 unspecified atom stereocenters. The van der Waals surface area contributed by atoms with Crippen LogP contribution in [0.5, 0.6) is 0 Å². The summed E-state index contributed by atoms with van der Waals surface area (Å²) >= 11 is 8.23. The van der Waals surface area contributed by atoms with Crippen LogP contribution in [0.2, 0.25) is 5.15 Å². The van der Waals surface area contributed by atoms with E-state index in [-0.39, 0.29) is 6.04 Å². The van der Waals surface area contributed by atoms with Gasteiger partial charge in [0, 0.05) is 10.9 Å². The second kappa shape index (κ2) is 8.75. The fraction of sp³-hybridized carbons (Fsp3) is 0.350. The van der Waals surface area contributed by atoms with Gasteiger partial charge in [-0.2, -0.15) is 9.61 Å². The monoisotopic (exact) mass is 417 g/mol. The van der Waals surface area contributed by atoms with Gasteiger partial charge in [-0.15, -0.1) is 11.3 Å². The van der Waals surface area contributed by atoms with Crippen LogP contribution in [0.4, 0.5) is 5.82 Å². The van der Waals surface area contributed by atoms with Crippen molar-refractivity contribution in [3.63, 3.8) is 0 Å². The number of nitrogens with one attached hydrogen (secondary N) is 1. The molecule has 0 aliphatic rings. The van der Waals surface area contributed by atoms with Crippen molar-refractivity contribution in [2.24, 2.45) is 5.92 Å². The Bertz CT molecular complexity index is 1020. The van der Waals surface area contributed by atoms with Crippen molar-refractivity contribution in [3.8, 4) is 21.9 Å². The summed E-state index contributed by atoms with van der Waals surface area (Å²) in [5, 5.41) is 10.6. The highest BCUT2D eigenvalue weighted by atomic mass is 35.5. The third-order valence-electron chi connectivity index (χ3n) is 4.40. The molecule has 28 heavy (non-hydrogen) atoms. The number of anilines is 1. The van der Waals surface area contributed by atoms with E-state index >= 15 is 0 Å². The van der Waals surface area contributed by atoms with Gasteiger partial charge in [-0.3, -0.25) is 0 Å². The zero-order chi connectivity index (χ0) is 20.3. The molecule has 1 atom stereocenters. The normalized spacial score (nSPS) is 12.1. The molecule has 8 heteroatoms. The third kappa shape index (κ3) is 3.77. The van der Waals surface area contributed by atoms with Crippen molar-refractivity contribution in [3.05, 3.63) is 41.3 Å². The highest BCUT2D eigenvalue weighted by Gasteiger charge is 2.23. The smallest absolute Gasteiger partial charge is 0.231 e. The van der Waals surface area contributed by atoms with Gasteiger partial charge in [0.15, 0.2) is 5.65 Å². The Balaban J connectivity index is 0.00000109. The SMILES string of the molecule is CC.CC(C)C(C)Nc1c(-c2cccs2)c(Cl)nc2c(-c3ncco3)cnn12. The Hall–Kier alpha value is -2.38. The summed E-state index contributed by atoms with van der Waals surface area (Å²) < 4.78 is 7.20. The van der Waals surface area contributed by atoms with E-state index < -0.39 is 0 Å². The number of aromatic nitrogens is 4. The fourth-order valence-corrected chi connectivity index (χ4v) is 3.73. The Morgan fingerprint density at radius 1 is 1.25 bits per heavy atom. The van der Waals surface area contributed by atoms with Crippen molar-refractivity contribution >= 4 is 34.4 Å². The molecular formula is C20H24ClN5OS. The van der Waals surface area contributed by atoms with Crippen LogP contribution in [0.3, 0.4) is 0 Å². The maximum atomic E-state index is 6.62. The molecule has 0 bridgehead atoms. The Morgan fingerprint density at radius 2 is 2.04 bits per heavy atom. The molecule has 1 N–H and O–H groups in total. The van der Waals surface area contributed by atoms with Gasteiger partial charge >= 0.3 is 0 Å². The molecule has 0 amide bonds. The fourth-order valence-electron chi connectivity index (χ4n) is 2.63. The summed E-state index contributed by atoms with van der Waals surface area (Å²) in [6.07, 6.45) is 4.83. The largest absolute Gasteiger partial charge is 0.444 e. The number of halogens is 1. The molecular weight excluding hydrogens is 394 g/mol. The first-order valence-corrected chi connectivity index (χ1v) is 10.6. The van der Waals surface area contributed by atoms with Crippen LogP contribution < -0.4 is 5.32 Å². The molecule has 148 valence electrons. The lowest BCUT2D eigenvalue weighted by atomic mass is 10.1.